The summed E-state index contributed by atoms with van der Waals surface area (Å²) in [5, 5.41) is 12.2. The number of carboxylic acids is 1. The Hall–Kier alpha value is -1.10. The third kappa shape index (κ3) is 5.12. The first-order valence-corrected chi connectivity index (χ1v) is 7.67. The van der Waals surface area contributed by atoms with Gasteiger partial charge in [0.05, 0.1) is 6.42 Å². The zero-order valence-electron chi connectivity index (χ0n) is 12.9. The van der Waals surface area contributed by atoms with E-state index in [0.29, 0.717) is 24.8 Å². The summed E-state index contributed by atoms with van der Waals surface area (Å²) in [5.74, 6) is 0.134. The zero-order chi connectivity index (χ0) is 15.1. The summed E-state index contributed by atoms with van der Waals surface area (Å²) >= 11 is 0. The third-order valence-corrected chi connectivity index (χ3v) is 4.30. The highest BCUT2D eigenvalue weighted by Gasteiger charge is 2.26. The number of nitrogens with one attached hydrogen (secondary N) is 1. The van der Waals surface area contributed by atoms with E-state index in [1.165, 1.54) is 12.8 Å². The molecule has 0 aromatic rings. The van der Waals surface area contributed by atoms with Crippen LogP contribution >= 0.6 is 0 Å². The predicted octanol–water partition coefficient (Wildman–Crippen LogP) is 1.72. The van der Waals surface area contributed by atoms with Crippen molar-refractivity contribution in [2.75, 3.05) is 19.6 Å². The van der Waals surface area contributed by atoms with Crippen LogP contribution in [0.15, 0.2) is 0 Å². The van der Waals surface area contributed by atoms with Crippen molar-refractivity contribution in [3.63, 3.8) is 0 Å². The number of carbonyl (C=O) groups excluding carboxylic acids is 1. The lowest BCUT2D eigenvalue weighted by atomic mass is 9.85. The van der Waals surface area contributed by atoms with Gasteiger partial charge in [-0.05, 0) is 51.6 Å². The number of piperidine rings is 1. The SMILES string of the molecule is CCN(C(=O)CC(C)C1CCCNC1)C(C)CC(=O)O. The molecule has 1 amide bonds. The molecule has 0 aromatic heterocycles. The first kappa shape index (κ1) is 17.0. The minimum atomic E-state index is -0.853. The minimum absolute atomic E-state index is 0.0128. The molecule has 0 spiro atoms. The summed E-state index contributed by atoms with van der Waals surface area (Å²) < 4.78 is 0. The average Bonchev–Trinajstić information content (AvgIpc) is 2.39. The molecule has 1 heterocycles. The highest BCUT2D eigenvalue weighted by atomic mass is 16.4. The molecule has 116 valence electrons. The highest BCUT2D eigenvalue weighted by molar-refractivity contribution is 5.77. The highest BCUT2D eigenvalue weighted by Crippen LogP contribution is 2.23. The van der Waals surface area contributed by atoms with Gasteiger partial charge in [-0.2, -0.15) is 0 Å². The van der Waals surface area contributed by atoms with E-state index in [1.807, 2.05) is 13.8 Å². The van der Waals surface area contributed by atoms with Crippen LogP contribution in [0.1, 0.15) is 46.5 Å². The van der Waals surface area contributed by atoms with Crippen molar-refractivity contribution < 1.29 is 14.7 Å². The molecule has 1 aliphatic rings. The van der Waals surface area contributed by atoms with Gasteiger partial charge in [-0.15, -0.1) is 0 Å². The molecule has 0 saturated carbocycles. The van der Waals surface area contributed by atoms with E-state index in [-0.39, 0.29) is 18.4 Å². The Morgan fingerprint density at radius 2 is 2.05 bits per heavy atom. The molecule has 0 aliphatic carbocycles. The Morgan fingerprint density at radius 1 is 1.35 bits per heavy atom. The number of hydrogen-bond acceptors (Lipinski definition) is 3. The molecule has 1 saturated heterocycles. The first-order valence-electron chi connectivity index (χ1n) is 7.67. The van der Waals surface area contributed by atoms with Crippen LogP contribution in [0.3, 0.4) is 0 Å². The molecule has 1 fully saturated rings. The van der Waals surface area contributed by atoms with Gasteiger partial charge >= 0.3 is 5.97 Å². The molecular formula is C15H28N2O3. The molecule has 5 nitrogen and oxygen atoms in total. The summed E-state index contributed by atoms with van der Waals surface area (Å²) in [6, 6.07) is -0.235. The van der Waals surface area contributed by atoms with E-state index in [4.69, 9.17) is 5.11 Å². The van der Waals surface area contributed by atoms with E-state index in [1.54, 1.807) is 4.90 Å². The van der Waals surface area contributed by atoms with Gasteiger partial charge in [0.15, 0.2) is 0 Å². The third-order valence-electron chi connectivity index (χ3n) is 4.30. The summed E-state index contributed by atoms with van der Waals surface area (Å²) in [6.45, 7) is 8.48. The van der Waals surface area contributed by atoms with Crippen molar-refractivity contribution >= 4 is 11.9 Å². The number of carboxylic acid groups (broad SMARTS) is 1. The van der Waals surface area contributed by atoms with E-state index in [0.717, 1.165) is 13.1 Å². The van der Waals surface area contributed by atoms with Crippen LogP contribution in [-0.4, -0.2) is 47.6 Å². The average molecular weight is 284 g/mol. The largest absolute Gasteiger partial charge is 0.481 e. The van der Waals surface area contributed by atoms with E-state index in [9.17, 15) is 9.59 Å². The number of rotatable bonds is 7. The molecule has 1 rings (SSSR count). The van der Waals surface area contributed by atoms with Gasteiger partial charge in [-0.3, -0.25) is 9.59 Å². The van der Waals surface area contributed by atoms with Crippen LogP contribution < -0.4 is 5.32 Å². The van der Waals surface area contributed by atoms with Crippen LogP contribution in [0.2, 0.25) is 0 Å². The van der Waals surface area contributed by atoms with Crippen molar-refractivity contribution in [2.45, 2.75) is 52.5 Å². The van der Waals surface area contributed by atoms with Crippen LogP contribution in [0.5, 0.6) is 0 Å². The van der Waals surface area contributed by atoms with E-state index < -0.39 is 5.97 Å². The second-order valence-electron chi connectivity index (χ2n) is 5.91. The normalized spacial score (nSPS) is 22.1. The van der Waals surface area contributed by atoms with Crippen molar-refractivity contribution in [2.24, 2.45) is 11.8 Å². The van der Waals surface area contributed by atoms with Crippen LogP contribution in [0, 0.1) is 11.8 Å². The maximum Gasteiger partial charge on any atom is 0.305 e. The smallest absolute Gasteiger partial charge is 0.305 e. The fraction of sp³-hybridized carbons (Fsp3) is 0.867. The molecule has 20 heavy (non-hydrogen) atoms. The quantitative estimate of drug-likeness (QED) is 0.747. The maximum atomic E-state index is 12.4. The Bertz CT molecular complexity index is 327. The maximum absolute atomic E-state index is 12.4. The van der Waals surface area contributed by atoms with Crippen molar-refractivity contribution in [1.82, 2.24) is 10.2 Å². The summed E-state index contributed by atoms with van der Waals surface area (Å²) in [4.78, 5) is 24.8. The van der Waals surface area contributed by atoms with Crippen LogP contribution in [0.4, 0.5) is 0 Å². The lowest BCUT2D eigenvalue weighted by Crippen LogP contribution is -2.41. The zero-order valence-corrected chi connectivity index (χ0v) is 12.9. The van der Waals surface area contributed by atoms with Crippen LogP contribution in [-0.2, 0) is 9.59 Å². The predicted molar refractivity (Wildman–Crippen MR) is 78.5 cm³/mol. The molecule has 0 aromatic carbocycles. The molecule has 5 heteroatoms. The molecule has 3 atom stereocenters. The molecule has 1 aliphatic heterocycles. The lowest BCUT2D eigenvalue weighted by Gasteiger charge is -2.32. The Kier molecular flexibility index (Phi) is 6.99. The molecule has 3 unspecified atom stereocenters. The van der Waals surface area contributed by atoms with Gasteiger partial charge in [-0.1, -0.05) is 6.92 Å². The number of aliphatic carboxylic acids is 1. The second-order valence-corrected chi connectivity index (χ2v) is 5.91. The number of carbonyl (C=O) groups is 2. The van der Waals surface area contributed by atoms with Crippen LogP contribution in [0.25, 0.3) is 0 Å². The van der Waals surface area contributed by atoms with Gasteiger partial charge in [-0.25, -0.2) is 0 Å². The molecule has 0 bridgehead atoms. The van der Waals surface area contributed by atoms with Crippen molar-refractivity contribution in [3.05, 3.63) is 0 Å². The van der Waals surface area contributed by atoms with Crippen molar-refractivity contribution in [3.8, 4) is 0 Å². The standard InChI is InChI=1S/C15H28N2O3/c1-4-17(12(3)9-15(19)20)14(18)8-11(2)13-6-5-7-16-10-13/h11-13,16H,4-10H2,1-3H3,(H,19,20). The fourth-order valence-corrected chi connectivity index (χ4v) is 3.02. The Labute approximate surface area is 121 Å². The molecule has 0 radical (unpaired) electrons. The monoisotopic (exact) mass is 284 g/mol. The van der Waals surface area contributed by atoms with Gasteiger partial charge in [0, 0.05) is 19.0 Å². The minimum Gasteiger partial charge on any atom is -0.481 e. The van der Waals surface area contributed by atoms with Crippen molar-refractivity contribution in [1.29, 1.82) is 0 Å². The number of amides is 1. The fourth-order valence-electron chi connectivity index (χ4n) is 3.02. The molecule has 2 N–H and O–H groups in total. The van der Waals surface area contributed by atoms with Gasteiger partial charge in [0.25, 0.3) is 0 Å². The summed E-state index contributed by atoms with van der Waals surface area (Å²) in [7, 11) is 0. The van der Waals surface area contributed by atoms with Gasteiger partial charge < -0.3 is 15.3 Å². The Balaban J connectivity index is 2.51. The summed E-state index contributed by atoms with van der Waals surface area (Å²) in [5.41, 5.74) is 0. The second kappa shape index (κ2) is 8.25. The first-order chi connectivity index (χ1) is 9.45. The van der Waals surface area contributed by atoms with Gasteiger partial charge in [0.2, 0.25) is 5.91 Å². The van der Waals surface area contributed by atoms with Gasteiger partial charge in [0.1, 0.15) is 0 Å². The van der Waals surface area contributed by atoms with E-state index >= 15 is 0 Å². The van der Waals surface area contributed by atoms with E-state index in [2.05, 4.69) is 12.2 Å². The number of nitrogens with zero attached hydrogens (tertiary/aromatic N) is 1. The summed E-state index contributed by atoms with van der Waals surface area (Å²) in [6.07, 6.45) is 2.89. The lowest BCUT2D eigenvalue weighted by molar-refractivity contribution is -0.140. The number of hydrogen-bond donors (Lipinski definition) is 2. The molecular weight excluding hydrogens is 256 g/mol. The topological polar surface area (TPSA) is 69.6 Å². The Morgan fingerprint density at radius 3 is 2.55 bits per heavy atom.